The van der Waals surface area contributed by atoms with Crippen molar-refractivity contribution in [1.82, 2.24) is 9.80 Å². The van der Waals surface area contributed by atoms with Crippen LogP contribution in [0.15, 0.2) is 0 Å². The molecule has 0 spiro atoms. The van der Waals surface area contributed by atoms with Crippen LogP contribution in [0, 0.1) is 0 Å². The lowest BCUT2D eigenvalue weighted by Gasteiger charge is -2.47. The normalized spacial score (nSPS) is 22.5. The van der Waals surface area contributed by atoms with E-state index in [4.69, 9.17) is 5.11 Å². The Bertz CT molecular complexity index is 239. The molecule has 0 aliphatic carbocycles. The summed E-state index contributed by atoms with van der Waals surface area (Å²) in [6.45, 7) is 10.2. The Balaban J connectivity index is 2.79. The molecule has 0 radical (unpaired) electrons. The van der Waals surface area contributed by atoms with Crippen LogP contribution in [0.2, 0.25) is 0 Å². The quantitative estimate of drug-likeness (QED) is 0.735. The molecule has 0 unspecified atom stereocenters. The van der Waals surface area contributed by atoms with Gasteiger partial charge in [-0.2, -0.15) is 0 Å². The Hall–Kier alpha value is -0.610. The minimum absolute atomic E-state index is 0.110. The lowest BCUT2D eigenvalue weighted by molar-refractivity contribution is -0.151. The van der Waals surface area contributed by atoms with Crippen molar-refractivity contribution in [3.8, 4) is 0 Å². The number of rotatable bonds is 3. The second kappa shape index (κ2) is 4.49. The van der Waals surface area contributed by atoms with Gasteiger partial charge in [0, 0.05) is 25.7 Å². The molecule has 4 heteroatoms. The summed E-state index contributed by atoms with van der Waals surface area (Å²) in [4.78, 5) is 16.1. The highest BCUT2D eigenvalue weighted by Gasteiger charge is 2.41. The fourth-order valence-electron chi connectivity index (χ4n) is 2.10. The molecule has 1 saturated heterocycles. The molecule has 1 aliphatic heterocycles. The zero-order valence-corrected chi connectivity index (χ0v) is 10.2. The Morgan fingerprint density at radius 2 is 2.00 bits per heavy atom. The third kappa shape index (κ3) is 2.32. The maximum Gasteiger partial charge on any atom is 0.242 e. The highest BCUT2D eigenvalue weighted by Crippen LogP contribution is 2.23. The molecule has 1 amide bonds. The molecular weight excluding hydrogens is 192 g/mol. The van der Waals surface area contributed by atoms with E-state index in [1.807, 2.05) is 37.5 Å². The maximum absolute atomic E-state index is 12.2. The van der Waals surface area contributed by atoms with Gasteiger partial charge >= 0.3 is 0 Å². The van der Waals surface area contributed by atoms with E-state index in [1.54, 1.807) is 0 Å². The standard InChI is InChI=1S/C11H22N2O2/c1-9(2)13-6-5-12(7-8-14)11(3,4)10(13)15/h9,14H,5-8H2,1-4H3. The molecule has 0 bridgehead atoms. The van der Waals surface area contributed by atoms with E-state index in [-0.39, 0.29) is 18.6 Å². The van der Waals surface area contributed by atoms with Gasteiger partial charge < -0.3 is 10.0 Å². The highest BCUT2D eigenvalue weighted by molar-refractivity contribution is 5.86. The van der Waals surface area contributed by atoms with Crippen LogP contribution in [-0.2, 0) is 4.79 Å². The first-order chi connectivity index (χ1) is 6.91. The number of amides is 1. The van der Waals surface area contributed by atoms with E-state index >= 15 is 0 Å². The van der Waals surface area contributed by atoms with E-state index in [0.717, 1.165) is 13.1 Å². The van der Waals surface area contributed by atoms with Crippen molar-refractivity contribution >= 4 is 5.91 Å². The van der Waals surface area contributed by atoms with Crippen molar-refractivity contribution in [3.63, 3.8) is 0 Å². The fourth-order valence-corrected chi connectivity index (χ4v) is 2.10. The number of carbonyl (C=O) groups excluding carboxylic acids is 1. The lowest BCUT2D eigenvalue weighted by atomic mass is 9.96. The molecule has 1 heterocycles. The zero-order valence-electron chi connectivity index (χ0n) is 10.2. The molecule has 0 aromatic carbocycles. The molecule has 1 N–H and O–H groups in total. The van der Waals surface area contributed by atoms with Crippen molar-refractivity contribution in [2.45, 2.75) is 39.3 Å². The monoisotopic (exact) mass is 214 g/mol. The summed E-state index contributed by atoms with van der Waals surface area (Å²) in [6, 6.07) is 0.257. The number of aliphatic hydroxyl groups is 1. The number of hydrogen-bond acceptors (Lipinski definition) is 3. The van der Waals surface area contributed by atoms with Crippen molar-refractivity contribution in [2.24, 2.45) is 0 Å². The zero-order chi connectivity index (χ0) is 11.6. The smallest absolute Gasteiger partial charge is 0.242 e. The van der Waals surface area contributed by atoms with E-state index in [0.29, 0.717) is 6.54 Å². The van der Waals surface area contributed by atoms with E-state index in [1.165, 1.54) is 0 Å². The first kappa shape index (κ1) is 12.5. The summed E-state index contributed by atoms with van der Waals surface area (Å²) in [5, 5.41) is 8.95. The summed E-state index contributed by atoms with van der Waals surface area (Å²) in [7, 11) is 0. The van der Waals surface area contributed by atoms with Gasteiger partial charge in [0.25, 0.3) is 0 Å². The average Bonchev–Trinajstić information content (AvgIpc) is 2.13. The molecule has 1 aliphatic rings. The minimum atomic E-state index is -0.481. The molecule has 1 rings (SSSR count). The minimum Gasteiger partial charge on any atom is -0.395 e. The van der Waals surface area contributed by atoms with Crippen LogP contribution in [0.4, 0.5) is 0 Å². The van der Waals surface area contributed by atoms with Gasteiger partial charge in [-0.15, -0.1) is 0 Å². The number of hydrogen-bond donors (Lipinski definition) is 1. The molecule has 1 fully saturated rings. The third-order valence-electron chi connectivity index (χ3n) is 3.18. The van der Waals surface area contributed by atoms with Gasteiger partial charge in [-0.05, 0) is 27.7 Å². The van der Waals surface area contributed by atoms with Crippen molar-refractivity contribution < 1.29 is 9.90 Å². The predicted octanol–water partition coefficient (Wildman–Crippen LogP) is 0.310. The first-order valence-electron chi connectivity index (χ1n) is 5.58. The summed E-state index contributed by atoms with van der Waals surface area (Å²) in [5.74, 6) is 0.164. The maximum atomic E-state index is 12.2. The van der Waals surface area contributed by atoms with Crippen molar-refractivity contribution in [1.29, 1.82) is 0 Å². The Morgan fingerprint density at radius 1 is 1.40 bits per heavy atom. The molecule has 0 aromatic heterocycles. The van der Waals surface area contributed by atoms with Crippen LogP contribution >= 0.6 is 0 Å². The second-order valence-electron chi connectivity index (χ2n) is 4.86. The van der Waals surface area contributed by atoms with Crippen LogP contribution in [0.1, 0.15) is 27.7 Å². The first-order valence-corrected chi connectivity index (χ1v) is 5.58. The van der Waals surface area contributed by atoms with E-state index in [2.05, 4.69) is 0 Å². The number of piperazine rings is 1. The molecule has 0 atom stereocenters. The van der Waals surface area contributed by atoms with Gasteiger partial charge in [-0.1, -0.05) is 0 Å². The Kier molecular flexibility index (Phi) is 3.73. The van der Waals surface area contributed by atoms with E-state index < -0.39 is 5.54 Å². The van der Waals surface area contributed by atoms with Gasteiger partial charge in [0.2, 0.25) is 5.91 Å². The van der Waals surface area contributed by atoms with Gasteiger partial charge in [0.05, 0.1) is 12.1 Å². The molecule has 88 valence electrons. The Labute approximate surface area is 91.9 Å². The molecule has 0 aromatic rings. The van der Waals surface area contributed by atoms with E-state index in [9.17, 15) is 4.79 Å². The number of aliphatic hydroxyl groups excluding tert-OH is 1. The van der Waals surface area contributed by atoms with Gasteiger partial charge in [0.1, 0.15) is 0 Å². The fraction of sp³-hybridized carbons (Fsp3) is 0.909. The third-order valence-corrected chi connectivity index (χ3v) is 3.18. The molecule has 15 heavy (non-hydrogen) atoms. The summed E-state index contributed by atoms with van der Waals surface area (Å²) >= 11 is 0. The Morgan fingerprint density at radius 3 is 2.47 bits per heavy atom. The topological polar surface area (TPSA) is 43.8 Å². The molecule has 0 saturated carbocycles. The van der Waals surface area contributed by atoms with Crippen molar-refractivity contribution in [2.75, 3.05) is 26.2 Å². The van der Waals surface area contributed by atoms with Crippen molar-refractivity contribution in [3.05, 3.63) is 0 Å². The summed E-state index contributed by atoms with van der Waals surface area (Å²) in [5.41, 5.74) is -0.481. The van der Waals surface area contributed by atoms with Gasteiger partial charge in [-0.3, -0.25) is 9.69 Å². The number of nitrogens with zero attached hydrogens (tertiary/aromatic N) is 2. The SMILES string of the molecule is CC(C)N1CCN(CCO)C(C)(C)C1=O. The average molecular weight is 214 g/mol. The van der Waals surface area contributed by atoms with Crippen LogP contribution in [0.5, 0.6) is 0 Å². The number of carbonyl (C=O) groups is 1. The molecule has 4 nitrogen and oxygen atoms in total. The highest BCUT2D eigenvalue weighted by atomic mass is 16.3. The summed E-state index contributed by atoms with van der Waals surface area (Å²) in [6.07, 6.45) is 0. The number of β-amino-alcohol motifs (C(OH)–C–C–N with tert-alkyl or cyclic N) is 1. The van der Waals surface area contributed by atoms with Crippen LogP contribution in [-0.4, -0.2) is 58.6 Å². The predicted molar refractivity (Wildman–Crippen MR) is 59.6 cm³/mol. The molecular formula is C11H22N2O2. The van der Waals surface area contributed by atoms with Gasteiger partial charge in [-0.25, -0.2) is 0 Å². The van der Waals surface area contributed by atoms with Crippen LogP contribution in [0.25, 0.3) is 0 Å². The summed E-state index contributed by atoms with van der Waals surface area (Å²) < 4.78 is 0. The van der Waals surface area contributed by atoms with Crippen LogP contribution < -0.4 is 0 Å². The van der Waals surface area contributed by atoms with Gasteiger partial charge in [0.15, 0.2) is 0 Å². The lowest BCUT2D eigenvalue weighted by Crippen LogP contribution is -2.64. The van der Waals surface area contributed by atoms with Crippen LogP contribution in [0.3, 0.4) is 0 Å². The largest absolute Gasteiger partial charge is 0.395 e. The second-order valence-corrected chi connectivity index (χ2v) is 4.86.